The van der Waals surface area contributed by atoms with Crippen LogP contribution in [0.5, 0.6) is 17.2 Å². The van der Waals surface area contributed by atoms with Crippen LogP contribution in [0.15, 0.2) is 65.6 Å². The highest BCUT2D eigenvalue weighted by Gasteiger charge is 2.38. The van der Waals surface area contributed by atoms with Crippen molar-refractivity contribution in [2.45, 2.75) is 44.1 Å². The quantitative estimate of drug-likeness (QED) is 0.377. The number of hydrogen-bond donors (Lipinski definition) is 1. The summed E-state index contributed by atoms with van der Waals surface area (Å²) < 4.78 is 45.7. The van der Waals surface area contributed by atoms with Gasteiger partial charge in [-0.05, 0) is 72.0 Å². The van der Waals surface area contributed by atoms with E-state index in [1.165, 1.54) is 23.5 Å². The normalized spacial score (nSPS) is 15.2. The number of ether oxygens (including phenoxy) is 3. The lowest BCUT2D eigenvalue weighted by Gasteiger charge is -2.36. The molecule has 0 saturated heterocycles. The number of halogens is 1. The molecule has 1 atom stereocenters. The van der Waals surface area contributed by atoms with E-state index < -0.39 is 22.0 Å². The average molecular weight is 573 g/mol. The highest BCUT2D eigenvalue weighted by atomic mass is 35.5. The summed E-state index contributed by atoms with van der Waals surface area (Å²) in [5, 5.41) is 3.38. The molecule has 3 aromatic carbocycles. The Morgan fingerprint density at radius 1 is 1.08 bits per heavy atom. The number of carbonyl (C=O) groups is 1. The zero-order valence-corrected chi connectivity index (χ0v) is 24.2. The molecular formula is C29H33ClN2O6S. The minimum absolute atomic E-state index is 0.0848. The molecule has 39 heavy (non-hydrogen) atoms. The van der Waals surface area contributed by atoms with Crippen molar-refractivity contribution < 1.29 is 27.4 Å². The molecule has 0 spiro atoms. The van der Waals surface area contributed by atoms with E-state index >= 15 is 0 Å². The van der Waals surface area contributed by atoms with E-state index in [4.69, 9.17) is 25.8 Å². The Bertz CT molecular complexity index is 1450. The van der Waals surface area contributed by atoms with Crippen LogP contribution in [0.3, 0.4) is 0 Å². The molecule has 4 rings (SSSR count). The van der Waals surface area contributed by atoms with Gasteiger partial charge in [-0.3, -0.25) is 9.10 Å². The van der Waals surface area contributed by atoms with Gasteiger partial charge in [0.15, 0.2) is 6.10 Å². The number of fused-ring (bicyclic) bond motifs is 1. The van der Waals surface area contributed by atoms with Gasteiger partial charge >= 0.3 is 0 Å². The Labute approximate surface area is 234 Å². The van der Waals surface area contributed by atoms with Gasteiger partial charge in [0.05, 0.1) is 30.8 Å². The van der Waals surface area contributed by atoms with Gasteiger partial charge in [0, 0.05) is 5.02 Å². The maximum absolute atomic E-state index is 13.8. The van der Waals surface area contributed by atoms with E-state index in [-0.39, 0.29) is 30.0 Å². The summed E-state index contributed by atoms with van der Waals surface area (Å²) in [4.78, 5) is 13.2. The number of nitrogens with one attached hydrogen (secondary N) is 1. The molecule has 0 saturated carbocycles. The van der Waals surface area contributed by atoms with Gasteiger partial charge < -0.3 is 19.5 Å². The summed E-state index contributed by atoms with van der Waals surface area (Å²) >= 11 is 6.14. The molecule has 3 aromatic rings. The number of benzene rings is 3. The fourth-order valence-corrected chi connectivity index (χ4v) is 5.72. The van der Waals surface area contributed by atoms with Crippen LogP contribution in [-0.2, 0) is 20.2 Å². The van der Waals surface area contributed by atoms with Crippen molar-refractivity contribution in [2.75, 3.05) is 31.1 Å². The molecule has 1 aliphatic rings. The highest BCUT2D eigenvalue weighted by Crippen LogP contribution is 2.40. The zero-order chi connectivity index (χ0) is 28.4. The van der Waals surface area contributed by atoms with E-state index in [2.05, 4.69) is 5.32 Å². The molecule has 1 heterocycles. The van der Waals surface area contributed by atoms with Gasteiger partial charge in [-0.2, -0.15) is 0 Å². The van der Waals surface area contributed by atoms with Crippen LogP contribution in [0.2, 0.25) is 5.02 Å². The van der Waals surface area contributed by atoms with Crippen molar-refractivity contribution in [1.82, 2.24) is 5.32 Å². The Morgan fingerprint density at radius 3 is 2.41 bits per heavy atom. The predicted octanol–water partition coefficient (Wildman–Crippen LogP) is 5.11. The molecule has 0 unspecified atom stereocenters. The topological polar surface area (TPSA) is 94.2 Å². The van der Waals surface area contributed by atoms with Crippen LogP contribution in [0.4, 0.5) is 5.69 Å². The Hall–Kier alpha value is -3.43. The largest absolute Gasteiger partial charge is 0.497 e. The fourth-order valence-electron chi connectivity index (χ4n) is 4.08. The number of hydrogen-bond acceptors (Lipinski definition) is 6. The Balaban J connectivity index is 1.55. The summed E-state index contributed by atoms with van der Waals surface area (Å²) in [6.45, 7) is 8.26. The number of anilines is 1. The van der Waals surface area contributed by atoms with Crippen LogP contribution >= 0.6 is 11.6 Å². The first-order chi connectivity index (χ1) is 18.4. The van der Waals surface area contributed by atoms with Crippen LogP contribution in [0, 0.1) is 6.92 Å². The van der Waals surface area contributed by atoms with E-state index in [1.54, 1.807) is 30.3 Å². The first-order valence-corrected chi connectivity index (χ1v) is 14.4. The number of aryl methyl sites for hydroxylation is 1. The zero-order valence-electron chi connectivity index (χ0n) is 22.7. The second-order valence-electron chi connectivity index (χ2n) is 10.3. The third kappa shape index (κ3) is 6.42. The van der Waals surface area contributed by atoms with Crippen LogP contribution < -0.4 is 23.8 Å². The molecule has 0 aromatic heterocycles. The third-order valence-electron chi connectivity index (χ3n) is 6.45. The Kier molecular flexibility index (Phi) is 8.32. The second-order valence-corrected chi connectivity index (χ2v) is 12.6. The summed E-state index contributed by atoms with van der Waals surface area (Å²) in [6.07, 6.45) is -1.06. The number of amides is 1. The van der Waals surface area contributed by atoms with Crippen molar-refractivity contribution in [3.05, 3.63) is 76.8 Å². The molecule has 0 aliphatic carbocycles. The smallest absolute Gasteiger partial charge is 0.264 e. The van der Waals surface area contributed by atoms with Crippen molar-refractivity contribution in [3.8, 4) is 17.2 Å². The molecule has 0 fully saturated rings. The highest BCUT2D eigenvalue weighted by molar-refractivity contribution is 7.92. The second kappa shape index (κ2) is 11.4. The van der Waals surface area contributed by atoms with Gasteiger partial charge in [0.25, 0.3) is 15.9 Å². The number of nitrogens with zero attached hydrogens (tertiary/aromatic N) is 1. The van der Waals surface area contributed by atoms with Gasteiger partial charge in [-0.15, -0.1) is 0 Å². The molecule has 1 amide bonds. The lowest BCUT2D eigenvalue weighted by molar-refractivity contribution is -0.127. The minimum atomic E-state index is -4.02. The monoisotopic (exact) mass is 572 g/mol. The van der Waals surface area contributed by atoms with Crippen molar-refractivity contribution in [3.63, 3.8) is 0 Å². The molecule has 8 nitrogen and oxygen atoms in total. The number of carbonyl (C=O) groups excluding carboxylic acids is 1. The summed E-state index contributed by atoms with van der Waals surface area (Å²) in [6, 6.07) is 16.9. The molecule has 208 valence electrons. The summed E-state index contributed by atoms with van der Waals surface area (Å²) in [5.74, 6) is 1.01. The maximum atomic E-state index is 13.8. The lowest BCUT2D eigenvalue weighted by Crippen LogP contribution is -2.51. The molecule has 0 radical (unpaired) electrons. The van der Waals surface area contributed by atoms with Gasteiger partial charge in [-0.25, -0.2) is 8.42 Å². The average Bonchev–Trinajstić information content (AvgIpc) is 2.91. The van der Waals surface area contributed by atoms with Crippen molar-refractivity contribution in [2.24, 2.45) is 0 Å². The molecule has 10 heteroatoms. The third-order valence-corrected chi connectivity index (χ3v) is 8.65. The van der Waals surface area contributed by atoms with Crippen molar-refractivity contribution >= 4 is 33.2 Å². The summed E-state index contributed by atoms with van der Waals surface area (Å²) in [5.41, 5.74) is 2.05. The first-order valence-electron chi connectivity index (χ1n) is 12.5. The van der Waals surface area contributed by atoms with Gasteiger partial charge in [0.2, 0.25) is 0 Å². The van der Waals surface area contributed by atoms with Crippen molar-refractivity contribution in [1.29, 1.82) is 0 Å². The number of sulfonamides is 1. The van der Waals surface area contributed by atoms with Crippen LogP contribution in [-0.4, -0.2) is 47.2 Å². The molecule has 1 aliphatic heterocycles. The standard InChI is InChI=1S/C29H33ClN2O6S/c1-19-6-8-22(17-24(19)30)37-15-14-31-28(33)27-18-32(39(34,35)23-11-9-21(36-5)10-12-23)25-16-20(29(2,3)4)7-13-26(25)38-27/h6-13,16-17,27H,14-15,18H2,1-5H3,(H,31,33)/t27-/m1/s1. The fraction of sp³-hybridized carbons (Fsp3) is 0.345. The van der Waals surface area contributed by atoms with Gasteiger partial charge in [0.1, 0.15) is 23.9 Å². The SMILES string of the molecule is COc1ccc(S(=O)(=O)N2C[C@H](C(=O)NCCOc3ccc(C)c(Cl)c3)Oc3ccc(C(C)(C)C)cc32)cc1. The summed E-state index contributed by atoms with van der Waals surface area (Å²) in [7, 11) is -2.50. The van der Waals surface area contributed by atoms with E-state index in [0.29, 0.717) is 28.0 Å². The predicted molar refractivity (Wildman–Crippen MR) is 152 cm³/mol. The molecule has 1 N–H and O–H groups in total. The Morgan fingerprint density at radius 2 is 1.77 bits per heavy atom. The van der Waals surface area contributed by atoms with Crippen LogP contribution in [0.25, 0.3) is 0 Å². The number of methoxy groups -OCH3 is 1. The maximum Gasteiger partial charge on any atom is 0.264 e. The van der Waals surface area contributed by atoms with E-state index in [1.807, 2.05) is 45.9 Å². The molecular weight excluding hydrogens is 540 g/mol. The molecule has 0 bridgehead atoms. The minimum Gasteiger partial charge on any atom is -0.497 e. The van der Waals surface area contributed by atoms with E-state index in [9.17, 15) is 13.2 Å². The first kappa shape index (κ1) is 28.6. The van der Waals surface area contributed by atoms with Crippen LogP contribution in [0.1, 0.15) is 31.9 Å². The van der Waals surface area contributed by atoms with Gasteiger partial charge in [-0.1, -0.05) is 44.5 Å². The van der Waals surface area contributed by atoms with E-state index in [0.717, 1.165) is 11.1 Å². The number of rotatable bonds is 8. The lowest BCUT2D eigenvalue weighted by atomic mass is 9.86.